The van der Waals surface area contributed by atoms with Crippen molar-refractivity contribution in [1.29, 1.82) is 0 Å². The van der Waals surface area contributed by atoms with E-state index in [4.69, 9.17) is 18.9 Å². The molecule has 0 unspecified atom stereocenters. The first kappa shape index (κ1) is 35.5. The number of carbonyl (C=O) groups excluding carboxylic acids is 1. The van der Waals surface area contributed by atoms with Crippen LogP contribution in [0.5, 0.6) is 0 Å². The number of rotatable bonds is 6. The topological polar surface area (TPSA) is 155 Å². The quantitative estimate of drug-likeness (QED) is 0.207. The minimum Gasteiger partial charge on any atom is -0.457 e. The van der Waals surface area contributed by atoms with E-state index in [2.05, 4.69) is 34.6 Å². The zero-order valence-electron chi connectivity index (χ0n) is 30.4. The first-order valence-electron chi connectivity index (χ1n) is 18.9. The van der Waals surface area contributed by atoms with Crippen molar-refractivity contribution < 1.29 is 49.3 Å². The van der Waals surface area contributed by atoms with Crippen LogP contribution in [-0.2, 0) is 23.7 Å². The average molecular weight is 679 g/mol. The summed E-state index contributed by atoms with van der Waals surface area (Å²) in [6.45, 7) is 16.6. The third-order valence-corrected chi connectivity index (χ3v) is 16.1. The fourth-order valence-corrected chi connectivity index (χ4v) is 13.7. The molecule has 5 aliphatic carbocycles. The molecule has 0 aromatic rings. The largest absolute Gasteiger partial charge is 0.457 e. The molecule has 10 heteroatoms. The number of hydrogen-bond donors (Lipinski definition) is 5. The zero-order valence-corrected chi connectivity index (χ0v) is 30.4. The van der Waals surface area contributed by atoms with E-state index in [0.29, 0.717) is 18.3 Å². The molecule has 5 N–H and O–H groups in total. The van der Waals surface area contributed by atoms with Gasteiger partial charge in [0.15, 0.2) is 12.4 Å². The molecule has 0 bridgehead atoms. The number of esters is 1. The minimum absolute atomic E-state index is 0.0682. The number of aliphatic hydroxyl groups excluding tert-OH is 4. The Kier molecular flexibility index (Phi) is 8.39. The lowest BCUT2D eigenvalue weighted by Crippen LogP contribution is -2.61. The van der Waals surface area contributed by atoms with E-state index in [0.717, 1.165) is 38.5 Å². The summed E-state index contributed by atoms with van der Waals surface area (Å²) in [5.41, 5.74) is -1.61. The molecule has 5 saturated carbocycles. The fraction of sp³-hybridized carbons (Fsp3) is 0.974. The highest BCUT2D eigenvalue weighted by atomic mass is 16.7. The lowest BCUT2D eigenvalue weighted by Gasteiger charge is -2.64. The van der Waals surface area contributed by atoms with Gasteiger partial charge >= 0.3 is 5.97 Å². The van der Waals surface area contributed by atoms with Crippen molar-refractivity contribution in [2.75, 3.05) is 6.61 Å². The van der Waals surface area contributed by atoms with E-state index in [1.165, 1.54) is 6.42 Å². The molecule has 2 heterocycles. The summed E-state index contributed by atoms with van der Waals surface area (Å²) in [5.74, 6) is 0.804. The Bertz CT molecular complexity index is 1270. The Morgan fingerprint density at radius 3 is 2.29 bits per heavy atom. The van der Waals surface area contributed by atoms with Crippen LogP contribution in [0.15, 0.2) is 0 Å². The monoisotopic (exact) mass is 678 g/mol. The van der Waals surface area contributed by atoms with Crippen LogP contribution in [0.4, 0.5) is 0 Å². The Balaban J connectivity index is 1.14. The van der Waals surface area contributed by atoms with Gasteiger partial charge in [-0.15, -0.1) is 0 Å². The molecular weight excluding hydrogens is 616 g/mol. The molecule has 7 aliphatic rings. The molecule has 48 heavy (non-hydrogen) atoms. The Morgan fingerprint density at radius 2 is 1.62 bits per heavy atom. The van der Waals surface area contributed by atoms with Gasteiger partial charge in [-0.05, 0) is 111 Å². The van der Waals surface area contributed by atoms with E-state index >= 15 is 0 Å². The number of carbonyl (C=O) groups is 1. The molecule has 0 aromatic carbocycles. The minimum atomic E-state index is -1.30. The molecule has 2 spiro atoms. The molecule has 7 fully saturated rings. The van der Waals surface area contributed by atoms with Crippen molar-refractivity contribution >= 4 is 5.97 Å². The lowest BCUT2D eigenvalue weighted by molar-refractivity contribution is -0.303. The number of hydrogen-bond acceptors (Lipinski definition) is 10. The van der Waals surface area contributed by atoms with Crippen LogP contribution < -0.4 is 0 Å². The summed E-state index contributed by atoms with van der Waals surface area (Å²) in [6, 6.07) is 0. The van der Waals surface area contributed by atoms with Crippen LogP contribution in [0.3, 0.4) is 0 Å². The van der Waals surface area contributed by atoms with Gasteiger partial charge in [0.2, 0.25) is 0 Å². The van der Waals surface area contributed by atoms with Crippen molar-refractivity contribution in [3.8, 4) is 0 Å². The van der Waals surface area contributed by atoms with Crippen LogP contribution in [0.25, 0.3) is 0 Å². The Labute approximate surface area is 286 Å². The molecular formula is C38H62O10. The standard InChI is InChI=1S/C38H62O10/c1-9-25(40)48-31(34(5,6)44)21-16-19(2)26-29(46-21)30(43)36(8)23-11-10-22-33(3,4)24(47-32-28(42)27(41)20(39)17-45-32)12-13-37(22)18-38(23,37)15-14-35(26,36)7/h19-24,26-32,39,41-44H,9-18H2,1-8H3/t19-,20-,21-,22+,23+,24+,26+,27+,28-,29+,30+,31+,32+,35-,36-,37-,38+/m1/s1. The van der Waals surface area contributed by atoms with E-state index in [1.807, 2.05) is 0 Å². The van der Waals surface area contributed by atoms with Crippen LogP contribution in [0.2, 0.25) is 0 Å². The maximum atomic E-state index is 12.6. The smallest absolute Gasteiger partial charge is 0.305 e. The molecule has 0 amide bonds. The van der Waals surface area contributed by atoms with Gasteiger partial charge in [0.25, 0.3) is 0 Å². The first-order valence-corrected chi connectivity index (χ1v) is 18.9. The van der Waals surface area contributed by atoms with Gasteiger partial charge in [0.05, 0.1) is 36.6 Å². The van der Waals surface area contributed by atoms with Gasteiger partial charge in [-0.25, -0.2) is 0 Å². The second-order valence-corrected chi connectivity index (χ2v) is 18.8. The summed E-state index contributed by atoms with van der Waals surface area (Å²) >= 11 is 0. The van der Waals surface area contributed by atoms with Gasteiger partial charge in [-0.3, -0.25) is 4.79 Å². The second-order valence-electron chi connectivity index (χ2n) is 18.8. The van der Waals surface area contributed by atoms with Gasteiger partial charge in [0.1, 0.15) is 18.3 Å². The van der Waals surface area contributed by atoms with Crippen LogP contribution in [-0.4, -0.2) is 98.8 Å². The third kappa shape index (κ3) is 4.61. The van der Waals surface area contributed by atoms with Crippen LogP contribution in [0, 0.1) is 50.7 Å². The Hall–Kier alpha value is -0.850. The van der Waals surface area contributed by atoms with E-state index in [1.54, 1.807) is 20.8 Å². The van der Waals surface area contributed by atoms with E-state index < -0.39 is 54.6 Å². The predicted octanol–water partition coefficient (Wildman–Crippen LogP) is 3.72. The van der Waals surface area contributed by atoms with Gasteiger partial charge < -0.3 is 44.5 Å². The van der Waals surface area contributed by atoms with Crippen molar-refractivity contribution in [2.24, 2.45) is 50.7 Å². The fourth-order valence-electron chi connectivity index (χ4n) is 13.7. The van der Waals surface area contributed by atoms with E-state index in [-0.39, 0.29) is 64.0 Å². The molecule has 274 valence electrons. The van der Waals surface area contributed by atoms with E-state index in [9.17, 15) is 30.3 Å². The van der Waals surface area contributed by atoms with Crippen molar-refractivity contribution in [1.82, 2.24) is 0 Å². The summed E-state index contributed by atoms with van der Waals surface area (Å²) in [7, 11) is 0. The highest BCUT2D eigenvalue weighted by Crippen LogP contribution is 2.89. The van der Waals surface area contributed by atoms with Crippen LogP contribution in [0.1, 0.15) is 113 Å². The highest BCUT2D eigenvalue weighted by Gasteiger charge is 2.84. The summed E-state index contributed by atoms with van der Waals surface area (Å²) in [6.07, 6.45) is 0.945. The molecule has 2 aliphatic heterocycles. The lowest BCUT2D eigenvalue weighted by atomic mass is 9.41. The molecule has 17 atom stereocenters. The predicted molar refractivity (Wildman–Crippen MR) is 175 cm³/mol. The summed E-state index contributed by atoms with van der Waals surface area (Å²) < 4.78 is 24.8. The normalized spacial score (nSPS) is 54.5. The zero-order chi connectivity index (χ0) is 35.0. The van der Waals surface area contributed by atoms with Gasteiger partial charge in [-0.1, -0.05) is 41.5 Å². The maximum Gasteiger partial charge on any atom is 0.305 e. The SMILES string of the molecule is CCC(=O)O[C@@H]([C@H]1C[C@@H](C)[C@H]2[C@H](O1)[C@H](O)[C@@]1(C)[C@@H]3CC[C@H]4C(C)(C)[C@@H](O[C@@H]5OC[C@@H](O)[C@H](O)[C@H]5O)CC[C@@]45C[C@@]35CC[C@]21C)C(C)(C)O. The molecule has 7 rings (SSSR count). The highest BCUT2D eigenvalue weighted by molar-refractivity contribution is 5.69. The van der Waals surface area contributed by atoms with Gasteiger partial charge in [0, 0.05) is 11.8 Å². The molecule has 0 radical (unpaired) electrons. The summed E-state index contributed by atoms with van der Waals surface area (Å²) in [5, 5.41) is 54.5. The molecule has 0 aromatic heterocycles. The second kappa shape index (κ2) is 11.3. The number of aliphatic hydroxyl groups is 5. The average Bonchev–Trinajstić information content (AvgIpc) is 3.65. The molecule has 10 nitrogen and oxygen atoms in total. The maximum absolute atomic E-state index is 12.6. The number of fused-ring (bicyclic) bond motifs is 4. The third-order valence-electron chi connectivity index (χ3n) is 16.1. The van der Waals surface area contributed by atoms with Crippen LogP contribution >= 0.6 is 0 Å². The van der Waals surface area contributed by atoms with Crippen molar-refractivity contribution in [3.05, 3.63) is 0 Å². The Morgan fingerprint density at radius 1 is 0.958 bits per heavy atom. The number of ether oxygens (including phenoxy) is 4. The summed E-state index contributed by atoms with van der Waals surface area (Å²) in [4.78, 5) is 12.4. The van der Waals surface area contributed by atoms with Gasteiger partial charge in [-0.2, -0.15) is 0 Å². The molecule has 2 saturated heterocycles. The van der Waals surface area contributed by atoms with Crippen molar-refractivity contribution in [2.45, 2.75) is 174 Å². The van der Waals surface area contributed by atoms with Crippen molar-refractivity contribution in [3.63, 3.8) is 0 Å². The first-order chi connectivity index (χ1) is 22.3.